The molecule has 0 aromatic heterocycles. The number of amides is 2. The van der Waals surface area contributed by atoms with E-state index < -0.39 is 38.1 Å². The summed E-state index contributed by atoms with van der Waals surface area (Å²) in [6, 6.07) is 12.7. The fourth-order valence-electron chi connectivity index (χ4n) is 6.68. The van der Waals surface area contributed by atoms with Crippen molar-refractivity contribution in [2.45, 2.75) is 55.9 Å². The van der Waals surface area contributed by atoms with Crippen LogP contribution in [-0.4, -0.2) is 26.3 Å². The fraction of sp³-hybridized carbons (Fsp3) is 0.462. The minimum atomic E-state index is -4.33. The highest BCUT2D eigenvalue weighted by molar-refractivity contribution is 7.89. The third-order valence-corrected chi connectivity index (χ3v) is 9.35. The van der Waals surface area contributed by atoms with E-state index in [1.807, 2.05) is 6.07 Å². The highest BCUT2D eigenvalue weighted by Gasteiger charge is 2.54. The van der Waals surface area contributed by atoms with E-state index in [9.17, 15) is 22.4 Å². The average Bonchev–Trinajstić information content (AvgIpc) is 2.81. The molecule has 1 atom stereocenters. The van der Waals surface area contributed by atoms with Gasteiger partial charge in [-0.2, -0.15) is 4.72 Å². The molecule has 9 heteroatoms. The van der Waals surface area contributed by atoms with Crippen molar-refractivity contribution >= 4 is 21.8 Å². The molecule has 0 saturated heterocycles. The van der Waals surface area contributed by atoms with Crippen LogP contribution in [0.3, 0.4) is 0 Å². The maximum atomic E-state index is 14.2. The number of carbonyl (C=O) groups excluding carboxylic acids is 2. The highest BCUT2D eigenvalue weighted by atomic mass is 32.2. The van der Waals surface area contributed by atoms with Gasteiger partial charge < -0.3 is 0 Å². The van der Waals surface area contributed by atoms with E-state index in [2.05, 4.69) is 15.6 Å². The molecule has 1 unspecified atom stereocenters. The van der Waals surface area contributed by atoms with Gasteiger partial charge in [0.25, 0.3) is 5.91 Å². The van der Waals surface area contributed by atoms with E-state index in [0.29, 0.717) is 17.8 Å². The molecule has 3 N–H and O–H groups in total. The monoisotopic (exact) mass is 499 g/mol. The second-order valence-corrected chi connectivity index (χ2v) is 12.1. The number of hydrogen-bond acceptors (Lipinski definition) is 4. The van der Waals surface area contributed by atoms with Crippen molar-refractivity contribution in [2.24, 2.45) is 23.2 Å². The minimum Gasteiger partial charge on any atom is -0.273 e. The van der Waals surface area contributed by atoms with E-state index in [1.54, 1.807) is 24.3 Å². The van der Waals surface area contributed by atoms with Gasteiger partial charge in [-0.1, -0.05) is 42.5 Å². The second kappa shape index (κ2) is 9.35. The quantitative estimate of drug-likeness (QED) is 0.509. The maximum absolute atomic E-state index is 14.2. The van der Waals surface area contributed by atoms with Gasteiger partial charge in [0.2, 0.25) is 15.9 Å². The molecule has 4 aliphatic carbocycles. The molecule has 0 spiro atoms. The molecule has 186 valence electrons. The van der Waals surface area contributed by atoms with Crippen LogP contribution in [0.4, 0.5) is 4.39 Å². The Labute approximate surface area is 204 Å². The van der Waals surface area contributed by atoms with Crippen LogP contribution in [0.15, 0.2) is 59.5 Å². The lowest BCUT2D eigenvalue weighted by molar-refractivity contribution is -0.149. The van der Waals surface area contributed by atoms with Gasteiger partial charge in [0, 0.05) is 0 Å². The Kier molecular flexibility index (Phi) is 6.40. The van der Waals surface area contributed by atoms with Crippen molar-refractivity contribution in [2.75, 3.05) is 0 Å². The topological polar surface area (TPSA) is 104 Å². The van der Waals surface area contributed by atoms with Crippen molar-refractivity contribution < 1.29 is 22.4 Å². The molecule has 2 aromatic carbocycles. The first-order valence-corrected chi connectivity index (χ1v) is 13.6. The van der Waals surface area contributed by atoms with E-state index in [0.717, 1.165) is 37.0 Å². The summed E-state index contributed by atoms with van der Waals surface area (Å²) in [7, 11) is -4.33. The number of halogens is 1. The summed E-state index contributed by atoms with van der Waals surface area (Å²) in [5, 5.41) is 0. The largest absolute Gasteiger partial charge is 0.273 e. The van der Waals surface area contributed by atoms with E-state index in [4.69, 9.17) is 0 Å². The number of benzene rings is 2. The third kappa shape index (κ3) is 4.97. The summed E-state index contributed by atoms with van der Waals surface area (Å²) in [4.78, 5) is 25.8. The molecule has 4 saturated carbocycles. The SMILES string of the molecule is O=C(NNC(=O)C12CC3CC(CC(C3)C1)C2)C(Cc1ccccc1)NS(=O)(=O)c1ccccc1F. The van der Waals surface area contributed by atoms with Crippen LogP contribution in [0.25, 0.3) is 0 Å². The molecule has 35 heavy (non-hydrogen) atoms. The van der Waals surface area contributed by atoms with Crippen molar-refractivity contribution in [3.05, 3.63) is 66.0 Å². The van der Waals surface area contributed by atoms with Crippen molar-refractivity contribution in [3.63, 3.8) is 0 Å². The molecule has 7 nitrogen and oxygen atoms in total. The zero-order chi connectivity index (χ0) is 24.6. The van der Waals surface area contributed by atoms with Crippen LogP contribution >= 0.6 is 0 Å². The Balaban J connectivity index is 1.30. The lowest BCUT2D eigenvalue weighted by Gasteiger charge is -2.55. The molecular weight excluding hydrogens is 469 g/mol. The van der Waals surface area contributed by atoms with Gasteiger partial charge in [-0.15, -0.1) is 0 Å². The zero-order valence-electron chi connectivity index (χ0n) is 19.4. The van der Waals surface area contributed by atoms with Crippen LogP contribution in [0.2, 0.25) is 0 Å². The second-order valence-electron chi connectivity index (χ2n) is 10.4. The normalized spacial score (nSPS) is 27.9. The Morgan fingerprint density at radius 2 is 1.46 bits per heavy atom. The first-order valence-electron chi connectivity index (χ1n) is 12.2. The van der Waals surface area contributed by atoms with Crippen LogP contribution in [0.5, 0.6) is 0 Å². The van der Waals surface area contributed by atoms with Gasteiger partial charge in [0.1, 0.15) is 16.8 Å². The smallest absolute Gasteiger partial charge is 0.256 e. The summed E-state index contributed by atoms with van der Waals surface area (Å²) in [6.07, 6.45) is 6.13. The first kappa shape index (κ1) is 23.9. The molecule has 4 aliphatic rings. The average molecular weight is 500 g/mol. The van der Waals surface area contributed by atoms with Gasteiger partial charge in [0.15, 0.2) is 0 Å². The number of hydrogen-bond donors (Lipinski definition) is 3. The molecule has 4 fully saturated rings. The predicted molar refractivity (Wildman–Crippen MR) is 128 cm³/mol. The summed E-state index contributed by atoms with van der Waals surface area (Å²) in [5.74, 6) is -0.0930. The first-order chi connectivity index (χ1) is 16.7. The van der Waals surface area contributed by atoms with E-state index >= 15 is 0 Å². The predicted octanol–water partition coefficient (Wildman–Crippen LogP) is 3.08. The fourth-order valence-corrected chi connectivity index (χ4v) is 7.95. The Morgan fingerprint density at radius 1 is 0.886 bits per heavy atom. The number of sulfonamides is 1. The standard InChI is InChI=1S/C26H30FN3O4S/c27-21-8-4-5-9-23(21)35(33,34)30-22(13-17-6-2-1-3-7-17)24(31)28-29-25(32)26-14-18-10-19(15-26)12-20(11-18)16-26/h1-9,18-20,22,30H,10-16H2,(H,28,31)(H,29,32). The van der Waals surface area contributed by atoms with Crippen LogP contribution in [-0.2, 0) is 26.0 Å². The third-order valence-electron chi connectivity index (χ3n) is 7.84. The lowest BCUT2D eigenvalue weighted by atomic mass is 9.49. The van der Waals surface area contributed by atoms with Crippen LogP contribution in [0, 0.1) is 29.0 Å². The van der Waals surface area contributed by atoms with Crippen molar-refractivity contribution in [3.8, 4) is 0 Å². The lowest BCUT2D eigenvalue weighted by Crippen LogP contribution is -2.59. The molecule has 2 aromatic rings. The van der Waals surface area contributed by atoms with E-state index in [-0.39, 0.29) is 12.3 Å². The molecule has 0 radical (unpaired) electrons. The number of carbonyl (C=O) groups is 2. The van der Waals surface area contributed by atoms with Gasteiger partial charge in [0.05, 0.1) is 5.41 Å². The number of rotatable bonds is 7. The number of nitrogens with one attached hydrogen (secondary N) is 3. The molecule has 6 rings (SSSR count). The molecule has 0 aliphatic heterocycles. The molecule has 2 amide bonds. The Bertz CT molecular complexity index is 1180. The number of hydrazine groups is 1. The minimum absolute atomic E-state index is 0.0353. The summed E-state index contributed by atoms with van der Waals surface area (Å²) >= 11 is 0. The summed E-state index contributed by atoms with van der Waals surface area (Å²) < 4.78 is 42.3. The van der Waals surface area contributed by atoms with E-state index in [1.165, 1.54) is 31.4 Å². The highest BCUT2D eigenvalue weighted by Crippen LogP contribution is 2.60. The van der Waals surface area contributed by atoms with Gasteiger partial charge in [-0.3, -0.25) is 20.4 Å². The summed E-state index contributed by atoms with van der Waals surface area (Å²) in [6.45, 7) is 0. The summed E-state index contributed by atoms with van der Waals surface area (Å²) in [5.41, 5.74) is 5.32. The maximum Gasteiger partial charge on any atom is 0.256 e. The van der Waals surface area contributed by atoms with Gasteiger partial charge in [-0.25, -0.2) is 12.8 Å². The zero-order valence-corrected chi connectivity index (χ0v) is 20.2. The van der Waals surface area contributed by atoms with Gasteiger partial charge in [-0.05, 0) is 80.4 Å². The van der Waals surface area contributed by atoms with Crippen molar-refractivity contribution in [1.82, 2.24) is 15.6 Å². The molecular formula is C26H30FN3O4S. The Morgan fingerprint density at radius 3 is 2.06 bits per heavy atom. The van der Waals surface area contributed by atoms with Crippen LogP contribution in [0.1, 0.15) is 44.1 Å². The van der Waals surface area contributed by atoms with Gasteiger partial charge >= 0.3 is 0 Å². The Hall–Kier alpha value is -2.78. The van der Waals surface area contributed by atoms with Crippen LogP contribution < -0.4 is 15.6 Å². The molecule has 0 heterocycles. The van der Waals surface area contributed by atoms with Crippen molar-refractivity contribution in [1.29, 1.82) is 0 Å². The molecule has 4 bridgehead atoms.